The van der Waals surface area contributed by atoms with Gasteiger partial charge in [0, 0.05) is 37.9 Å². The van der Waals surface area contributed by atoms with E-state index in [1.807, 2.05) is 0 Å². The Kier molecular flexibility index (Phi) is 5.66. The fourth-order valence-corrected chi connectivity index (χ4v) is 5.45. The quantitative estimate of drug-likeness (QED) is 0.754. The van der Waals surface area contributed by atoms with Crippen molar-refractivity contribution < 1.29 is 4.79 Å². The summed E-state index contributed by atoms with van der Waals surface area (Å²) in [5, 5.41) is 3.24. The van der Waals surface area contributed by atoms with E-state index in [4.69, 9.17) is 0 Å². The summed E-state index contributed by atoms with van der Waals surface area (Å²) in [6, 6.07) is 0.450. The third-order valence-electron chi connectivity index (χ3n) is 5.92. The molecule has 0 aromatic heterocycles. The van der Waals surface area contributed by atoms with Gasteiger partial charge >= 0.3 is 0 Å². The highest BCUT2D eigenvalue weighted by atomic mass is 32.2. The van der Waals surface area contributed by atoms with Gasteiger partial charge in [-0.05, 0) is 63.4 Å². The lowest BCUT2D eigenvalue weighted by Crippen LogP contribution is -2.45. The number of rotatable bonds is 5. The van der Waals surface area contributed by atoms with Gasteiger partial charge < -0.3 is 14.7 Å². The van der Waals surface area contributed by atoms with Gasteiger partial charge in [0.1, 0.15) is 0 Å². The highest BCUT2D eigenvalue weighted by Crippen LogP contribution is 2.32. The third-order valence-corrected chi connectivity index (χ3v) is 6.87. The van der Waals surface area contributed by atoms with Crippen molar-refractivity contribution in [3.05, 3.63) is 11.1 Å². The van der Waals surface area contributed by atoms with E-state index in [2.05, 4.69) is 25.1 Å². The van der Waals surface area contributed by atoms with Gasteiger partial charge in [-0.2, -0.15) is 0 Å². The third kappa shape index (κ3) is 4.05. The number of carbonyl (C=O) groups excluding carboxylic acids is 1. The molecular weight excluding hydrogens is 332 g/mol. The molecule has 1 amide bonds. The summed E-state index contributed by atoms with van der Waals surface area (Å²) in [5.74, 6) is 0.324. The van der Waals surface area contributed by atoms with Crippen molar-refractivity contribution in [1.29, 1.82) is 0 Å². The summed E-state index contributed by atoms with van der Waals surface area (Å²) in [7, 11) is 0. The van der Waals surface area contributed by atoms with Gasteiger partial charge in [-0.15, -0.1) is 0 Å². The zero-order chi connectivity index (χ0) is 17.1. The maximum absolute atomic E-state index is 13.0. The number of fused-ring (bicyclic) bond motifs is 1. The van der Waals surface area contributed by atoms with E-state index in [0.29, 0.717) is 18.4 Å². The lowest BCUT2D eigenvalue weighted by molar-refractivity contribution is -0.134. The van der Waals surface area contributed by atoms with Crippen LogP contribution in [-0.4, -0.2) is 71.1 Å². The fraction of sp³-hybridized carbons (Fsp3) is 0.789. The molecule has 0 bridgehead atoms. The van der Waals surface area contributed by atoms with Crippen LogP contribution in [0.1, 0.15) is 51.4 Å². The summed E-state index contributed by atoms with van der Waals surface area (Å²) >= 11 is 1.69. The van der Waals surface area contributed by atoms with Crippen molar-refractivity contribution in [2.75, 3.05) is 39.3 Å². The van der Waals surface area contributed by atoms with Crippen LogP contribution >= 0.6 is 11.8 Å². The Morgan fingerprint density at radius 3 is 2.84 bits per heavy atom. The van der Waals surface area contributed by atoms with Crippen molar-refractivity contribution >= 4 is 22.8 Å². The van der Waals surface area contributed by atoms with Crippen LogP contribution in [0.2, 0.25) is 0 Å². The molecule has 138 valence electrons. The van der Waals surface area contributed by atoms with E-state index in [1.165, 1.54) is 38.8 Å². The summed E-state index contributed by atoms with van der Waals surface area (Å²) in [6.45, 7) is 6.56. The van der Waals surface area contributed by atoms with Crippen molar-refractivity contribution in [2.24, 2.45) is 4.99 Å². The molecule has 1 atom stereocenters. The van der Waals surface area contributed by atoms with Crippen LogP contribution in [0, 0.1) is 0 Å². The number of piperidine rings is 1. The van der Waals surface area contributed by atoms with Gasteiger partial charge in [0.05, 0.1) is 6.42 Å². The maximum Gasteiger partial charge on any atom is 0.228 e. The van der Waals surface area contributed by atoms with E-state index < -0.39 is 0 Å². The number of carbonyl (C=O) groups is 1. The van der Waals surface area contributed by atoms with Crippen molar-refractivity contribution in [3.63, 3.8) is 0 Å². The van der Waals surface area contributed by atoms with E-state index in [-0.39, 0.29) is 0 Å². The van der Waals surface area contributed by atoms with Crippen molar-refractivity contribution in [1.82, 2.24) is 14.7 Å². The monoisotopic (exact) mass is 362 g/mol. The van der Waals surface area contributed by atoms with Crippen LogP contribution < -0.4 is 0 Å². The summed E-state index contributed by atoms with van der Waals surface area (Å²) in [6.07, 6.45) is 9.10. The molecule has 5 nitrogen and oxygen atoms in total. The number of likely N-dealkylation sites (tertiary alicyclic amines) is 2. The Balaban J connectivity index is 1.34. The second-order valence-corrected chi connectivity index (χ2v) is 8.48. The maximum atomic E-state index is 13.0. The number of amidine groups is 1. The SMILES string of the molecule is O=C(CC1=CSC2=NCCCN12)N1CCCCC1CCN1CCCC1. The first-order valence-electron chi connectivity index (χ1n) is 10.0. The number of aliphatic imine (C=N–C) groups is 1. The van der Waals surface area contributed by atoms with E-state index in [9.17, 15) is 4.79 Å². The topological polar surface area (TPSA) is 39.2 Å². The first-order chi connectivity index (χ1) is 12.3. The summed E-state index contributed by atoms with van der Waals surface area (Å²) in [4.78, 5) is 24.6. The molecule has 0 N–H and O–H groups in total. The second-order valence-electron chi connectivity index (χ2n) is 7.65. The smallest absolute Gasteiger partial charge is 0.228 e. The van der Waals surface area contributed by atoms with Crippen LogP contribution in [0.3, 0.4) is 0 Å². The lowest BCUT2D eigenvalue weighted by atomic mass is 9.98. The van der Waals surface area contributed by atoms with Crippen LogP contribution in [0.4, 0.5) is 0 Å². The fourth-order valence-electron chi connectivity index (χ4n) is 4.50. The molecule has 6 heteroatoms. The van der Waals surface area contributed by atoms with Crippen LogP contribution in [0.25, 0.3) is 0 Å². The van der Waals surface area contributed by atoms with Crippen LogP contribution in [0.5, 0.6) is 0 Å². The molecule has 0 aromatic rings. The lowest BCUT2D eigenvalue weighted by Gasteiger charge is -2.37. The molecule has 4 heterocycles. The first-order valence-corrected chi connectivity index (χ1v) is 10.9. The number of thioether (sulfide) groups is 1. The number of hydrogen-bond acceptors (Lipinski definition) is 5. The molecule has 25 heavy (non-hydrogen) atoms. The van der Waals surface area contributed by atoms with Gasteiger partial charge in [0.25, 0.3) is 0 Å². The zero-order valence-electron chi connectivity index (χ0n) is 15.2. The minimum atomic E-state index is 0.324. The first kappa shape index (κ1) is 17.4. The number of hydrogen-bond donors (Lipinski definition) is 0. The van der Waals surface area contributed by atoms with Gasteiger partial charge in [-0.1, -0.05) is 11.8 Å². The largest absolute Gasteiger partial charge is 0.339 e. The normalized spacial score (nSPS) is 27.3. The standard InChI is InChI=1S/C19H30N4OS/c24-18(14-17-15-25-19-20-8-5-12-23(17)19)22-11-2-1-6-16(22)7-13-21-9-3-4-10-21/h15-16H,1-14H2. The Morgan fingerprint density at radius 2 is 1.96 bits per heavy atom. The molecule has 2 fully saturated rings. The van der Waals surface area contributed by atoms with E-state index >= 15 is 0 Å². The van der Waals surface area contributed by atoms with Crippen molar-refractivity contribution in [3.8, 4) is 0 Å². The number of nitrogens with zero attached hydrogens (tertiary/aromatic N) is 4. The highest BCUT2D eigenvalue weighted by molar-refractivity contribution is 8.16. The molecule has 0 aliphatic carbocycles. The molecule has 2 saturated heterocycles. The zero-order valence-corrected chi connectivity index (χ0v) is 16.0. The Morgan fingerprint density at radius 1 is 1.12 bits per heavy atom. The van der Waals surface area contributed by atoms with Gasteiger partial charge in [-0.25, -0.2) is 0 Å². The molecule has 4 aliphatic heterocycles. The number of amides is 1. The Hall–Kier alpha value is -1.01. The highest BCUT2D eigenvalue weighted by Gasteiger charge is 2.31. The average molecular weight is 363 g/mol. The van der Waals surface area contributed by atoms with E-state index in [1.54, 1.807) is 11.8 Å². The molecule has 4 rings (SSSR count). The van der Waals surface area contributed by atoms with Gasteiger partial charge in [-0.3, -0.25) is 9.79 Å². The minimum absolute atomic E-state index is 0.324. The Labute approximate surface area is 155 Å². The van der Waals surface area contributed by atoms with Gasteiger partial charge in [0.2, 0.25) is 5.91 Å². The van der Waals surface area contributed by atoms with E-state index in [0.717, 1.165) is 56.3 Å². The summed E-state index contributed by atoms with van der Waals surface area (Å²) in [5.41, 5.74) is 1.16. The molecule has 0 saturated carbocycles. The van der Waals surface area contributed by atoms with Gasteiger partial charge in [0.15, 0.2) is 5.17 Å². The predicted molar refractivity (Wildman–Crippen MR) is 104 cm³/mol. The van der Waals surface area contributed by atoms with Crippen LogP contribution in [-0.2, 0) is 4.79 Å². The second kappa shape index (κ2) is 8.12. The molecule has 0 aromatic carbocycles. The minimum Gasteiger partial charge on any atom is -0.339 e. The molecule has 0 radical (unpaired) electrons. The molecule has 4 aliphatic rings. The molecule has 1 unspecified atom stereocenters. The summed E-state index contributed by atoms with van der Waals surface area (Å²) < 4.78 is 0. The average Bonchev–Trinajstić information content (AvgIpc) is 3.30. The molecular formula is C19H30N4OS. The van der Waals surface area contributed by atoms with Crippen molar-refractivity contribution in [2.45, 2.75) is 57.4 Å². The predicted octanol–water partition coefficient (Wildman–Crippen LogP) is 2.89. The van der Waals surface area contributed by atoms with Crippen LogP contribution in [0.15, 0.2) is 16.1 Å². The Bertz CT molecular complexity index is 556. The molecule has 0 spiro atoms.